The first-order valence-electron chi connectivity index (χ1n) is 7.99. The van der Waals surface area contributed by atoms with Crippen molar-refractivity contribution in [3.63, 3.8) is 0 Å². The predicted molar refractivity (Wildman–Crippen MR) is 85.4 cm³/mol. The molecule has 1 aromatic rings. The largest absolute Gasteiger partial charge is 0.465 e. The van der Waals surface area contributed by atoms with Gasteiger partial charge in [0.05, 0.1) is 12.3 Å². The van der Waals surface area contributed by atoms with Crippen molar-refractivity contribution < 1.29 is 9.53 Å². The molecular weight excluding hydrogens is 280 g/mol. The lowest BCUT2D eigenvalue weighted by Gasteiger charge is -2.22. The maximum absolute atomic E-state index is 11.6. The lowest BCUT2D eigenvalue weighted by atomic mass is 9.90. The van der Waals surface area contributed by atoms with Crippen LogP contribution in [-0.4, -0.2) is 46.9 Å². The zero-order valence-corrected chi connectivity index (χ0v) is 14.2. The van der Waals surface area contributed by atoms with E-state index in [-0.39, 0.29) is 17.9 Å². The monoisotopic (exact) mass is 308 g/mol. The van der Waals surface area contributed by atoms with Crippen LogP contribution in [0.5, 0.6) is 0 Å². The Morgan fingerprint density at radius 2 is 2.18 bits per heavy atom. The molecule has 6 heteroatoms. The van der Waals surface area contributed by atoms with Crippen LogP contribution in [-0.2, 0) is 22.6 Å². The number of nitrogens with zero attached hydrogens (tertiary/aromatic N) is 3. The van der Waals surface area contributed by atoms with Crippen molar-refractivity contribution in [3.05, 3.63) is 17.0 Å². The topological polar surface area (TPSA) is 73.4 Å². The molecule has 1 atom stereocenters. The van der Waals surface area contributed by atoms with Gasteiger partial charge in [-0.15, -0.1) is 0 Å². The molecule has 0 aliphatic carbocycles. The second-order valence-corrected chi connectivity index (χ2v) is 6.59. The summed E-state index contributed by atoms with van der Waals surface area (Å²) in [4.78, 5) is 14.1. The van der Waals surface area contributed by atoms with Gasteiger partial charge in [-0.25, -0.2) is 0 Å². The first kappa shape index (κ1) is 17.0. The number of esters is 1. The standard InChI is InChI=1S/C16H28N4O2/c1-5-22-15(21)9-20-13(3)14(12(2)18-20)8-19-7-6-16(4,10-17)11-19/h5-11,17H2,1-4H3. The second-order valence-electron chi connectivity index (χ2n) is 6.59. The molecule has 0 saturated carbocycles. The molecule has 1 aliphatic rings. The summed E-state index contributed by atoms with van der Waals surface area (Å²) in [5.41, 5.74) is 9.35. The Hall–Kier alpha value is -1.40. The van der Waals surface area contributed by atoms with E-state index < -0.39 is 0 Å². The average molecular weight is 308 g/mol. The van der Waals surface area contributed by atoms with Crippen molar-refractivity contribution in [3.8, 4) is 0 Å². The van der Waals surface area contributed by atoms with E-state index in [1.807, 2.05) is 20.8 Å². The molecule has 2 rings (SSSR count). The second kappa shape index (κ2) is 6.79. The molecule has 1 saturated heterocycles. The van der Waals surface area contributed by atoms with Gasteiger partial charge in [0.2, 0.25) is 0 Å². The van der Waals surface area contributed by atoms with Crippen LogP contribution in [0.1, 0.15) is 37.2 Å². The Kier molecular flexibility index (Phi) is 5.24. The summed E-state index contributed by atoms with van der Waals surface area (Å²) in [6.07, 6.45) is 1.14. The van der Waals surface area contributed by atoms with Crippen LogP contribution in [0, 0.1) is 19.3 Å². The van der Waals surface area contributed by atoms with E-state index in [1.54, 1.807) is 4.68 Å². The number of ether oxygens (including phenoxy) is 1. The van der Waals surface area contributed by atoms with Gasteiger partial charge >= 0.3 is 5.97 Å². The van der Waals surface area contributed by atoms with Crippen LogP contribution in [0.4, 0.5) is 0 Å². The molecule has 1 aliphatic heterocycles. The Morgan fingerprint density at radius 1 is 1.45 bits per heavy atom. The van der Waals surface area contributed by atoms with Gasteiger partial charge in [-0.05, 0) is 45.7 Å². The Labute approximate surface area is 132 Å². The van der Waals surface area contributed by atoms with Gasteiger partial charge in [0.15, 0.2) is 0 Å². The van der Waals surface area contributed by atoms with Crippen molar-refractivity contribution in [1.82, 2.24) is 14.7 Å². The minimum atomic E-state index is -0.239. The maximum atomic E-state index is 11.6. The number of likely N-dealkylation sites (tertiary alicyclic amines) is 1. The Bertz CT molecular complexity index is 540. The SMILES string of the molecule is CCOC(=O)Cn1nc(C)c(CN2CCC(C)(CN)C2)c1C. The van der Waals surface area contributed by atoms with Crippen LogP contribution in [0.3, 0.4) is 0 Å². The third-order valence-corrected chi connectivity index (χ3v) is 4.63. The van der Waals surface area contributed by atoms with Crippen molar-refractivity contribution in [2.45, 2.75) is 47.2 Å². The molecule has 0 spiro atoms. The van der Waals surface area contributed by atoms with Gasteiger partial charge in [-0.1, -0.05) is 6.92 Å². The van der Waals surface area contributed by atoms with E-state index in [1.165, 1.54) is 5.56 Å². The number of carbonyl (C=O) groups excluding carboxylic acids is 1. The van der Waals surface area contributed by atoms with Crippen molar-refractivity contribution in [1.29, 1.82) is 0 Å². The maximum Gasteiger partial charge on any atom is 0.327 e. The van der Waals surface area contributed by atoms with Crippen LogP contribution in [0.15, 0.2) is 0 Å². The Morgan fingerprint density at radius 3 is 2.77 bits per heavy atom. The normalized spacial score (nSPS) is 22.2. The molecule has 6 nitrogen and oxygen atoms in total. The van der Waals surface area contributed by atoms with Gasteiger partial charge in [-0.3, -0.25) is 14.4 Å². The molecule has 1 aromatic heterocycles. The molecule has 0 amide bonds. The molecule has 0 bridgehead atoms. The van der Waals surface area contributed by atoms with Crippen LogP contribution in [0.25, 0.3) is 0 Å². The molecule has 0 aromatic carbocycles. The van der Waals surface area contributed by atoms with Crippen LogP contribution in [0.2, 0.25) is 0 Å². The average Bonchev–Trinajstić information content (AvgIpc) is 2.96. The molecular formula is C16H28N4O2. The molecule has 1 fully saturated rings. The van der Waals surface area contributed by atoms with E-state index in [2.05, 4.69) is 16.9 Å². The lowest BCUT2D eigenvalue weighted by molar-refractivity contribution is -0.144. The number of carbonyl (C=O) groups is 1. The van der Waals surface area contributed by atoms with E-state index in [4.69, 9.17) is 10.5 Å². The number of rotatable bonds is 6. The predicted octanol–water partition coefficient (Wildman–Crippen LogP) is 1.23. The van der Waals surface area contributed by atoms with Gasteiger partial charge in [-0.2, -0.15) is 5.10 Å². The summed E-state index contributed by atoms with van der Waals surface area (Å²) in [6, 6.07) is 0. The highest BCUT2D eigenvalue weighted by atomic mass is 16.5. The highest BCUT2D eigenvalue weighted by Gasteiger charge is 2.33. The molecule has 2 heterocycles. The quantitative estimate of drug-likeness (QED) is 0.800. The highest BCUT2D eigenvalue weighted by Crippen LogP contribution is 2.30. The lowest BCUT2D eigenvalue weighted by Crippen LogP contribution is -2.31. The fraction of sp³-hybridized carbons (Fsp3) is 0.750. The first-order valence-corrected chi connectivity index (χ1v) is 7.99. The summed E-state index contributed by atoms with van der Waals surface area (Å²) in [7, 11) is 0. The zero-order chi connectivity index (χ0) is 16.3. The zero-order valence-electron chi connectivity index (χ0n) is 14.2. The van der Waals surface area contributed by atoms with E-state index in [9.17, 15) is 4.79 Å². The van der Waals surface area contributed by atoms with Crippen LogP contribution < -0.4 is 5.73 Å². The van der Waals surface area contributed by atoms with Gasteiger partial charge in [0.1, 0.15) is 6.54 Å². The van der Waals surface area contributed by atoms with E-state index in [0.29, 0.717) is 6.61 Å². The molecule has 22 heavy (non-hydrogen) atoms. The van der Waals surface area contributed by atoms with Crippen molar-refractivity contribution >= 4 is 5.97 Å². The minimum absolute atomic E-state index is 0.182. The van der Waals surface area contributed by atoms with Crippen LogP contribution >= 0.6 is 0 Å². The summed E-state index contributed by atoms with van der Waals surface area (Å²) < 4.78 is 6.75. The third kappa shape index (κ3) is 3.67. The fourth-order valence-corrected chi connectivity index (χ4v) is 3.10. The molecule has 0 radical (unpaired) electrons. The first-order chi connectivity index (χ1) is 10.4. The summed E-state index contributed by atoms with van der Waals surface area (Å²) in [6.45, 7) is 12.3. The van der Waals surface area contributed by atoms with Gasteiger partial charge < -0.3 is 10.5 Å². The Balaban J connectivity index is 2.06. The van der Waals surface area contributed by atoms with Gasteiger partial charge in [0, 0.05) is 24.3 Å². The molecule has 2 N–H and O–H groups in total. The van der Waals surface area contributed by atoms with Crippen molar-refractivity contribution in [2.75, 3.05) is 26.2 Å². The molecule has 1 unspecified atom stereocenters. The number of hydrogen-bond donors (Lipinski definition) is 1. The summed E-state index contributed by atoms with van der Waals surface area (Å²) in [5.74, 6) is -0.239. The number of aryl methyl sites for hydroxylation is 1. The molecule has 124 valence electrons. The van der Waals surface area contributed by atoms with Crippen molar-refractivity contribution in [2.24, 2.45) is 11.1 Å². The fourth-order valence-electron chi connectivity index (χ4n) is 3.10. The number of hydrogen-bond acceptors (Lipinski definition) is 5. The summed E-state index contributed by atoms with van der Waals surface area (Å²) in [5, 5.41) is 4.50. The number of nitrogens with two attached hydrogens (primary N) is 1. The highest BCUT2D eigenvalue weighted by molar-refractivity contribution is 5.69. The minimum Gasteiger partial charge on any atom is -0.465 e. The number of aromatic nitrogens is 2. The van der Waals surface area contributed by atoms with Gasteiger partial charge in [0.25, 0.3) is 0 Å². The van der Waals surface area contributed by atoms with E-state index in [0.717, 1.165) is 44.0 Å². The summed E-state index contributed by atoms with van der Waals surface area (Å²) >= 11 is 0. The smallest absolute Gasteiger partial charge is 0.327 e. The third-order valence-electron chi connectivity index (χ3n) is 4.63. The van der Waals surface area contributed by atoms with E-state index >= 15 is 0 Å².